The molecule has 1 radical (unpaired) electrons. The predicted molar refractivity (Wildman–Crippen MR) is 55.5 cm³/mol. The summed E-state index contributed by atoms with van der Waals surface area (Å²) < 4.78 is 0. The molecule has 0 saturated carbocycles. The molecule has 0 heterocycles. The van der Waals surface area contributed by atoms with E-state index in [4.69, 9.17) is 0 Å². The summed E-state index contributed by atoms with van der Waals surface area (Å²) in [6.07, 6.45) is 8.09. The van der Waals surface area contributed by atoms with E-state index in [1.165, 1.54) is 38.3 Å². The highest BCUT2D eigenvalue weighted by molar-refractivity contribution is 8.93. The molecule has 0 N–H and O–H groups in total. The van der Waals surface area contributed by atoms with Crippen LogP contribution in [0.15, 0.2) is 0 Å². The van der Waals surface area contributed by atoms with Gasteiger partial charge in [-0.3, -0.25) is 0 Å². The molecule has 0 saturated heterocycles. The van der Waals surface area contributed by atoms with Gasteiger partial charge < -0.3 is 0 Å². The molecule has 0 nitrogen and oxygen atoms in total. The lowest BCUT2D eigenvalue weighted by Crippen LogP contribution is -1.87. The first-order valence-electron chi connectivity index (χ1n) is 4.23. The lowest BCUT2D eigenvalue weighted by molar-refractivity contribution is 0.851. The molecule has 0 aliphatic rings. The van der Waals surface area contributed by atoms with Gasteiger partial charge in [0.15, 0.2) is 0 Å². The Balaban J connectivity index is 0. The van der Waals surface area contributed by atoms with E-state index in [-0.39, 0.29) is 17.0 Å². The monoisotopic (exact) mass is 205 g/mol. The Kier molecular flexibility index (Phi) is 16.1. The Hall–Kier alpha value is 0.545. The minimum Gasteiger partial charge on any atom is -0.114 e. The Labute approximate surface area is 76.8 Å². The van der Waals surface area contributed by atoms with Crippen LogP contribution in [-0.4, -0.2) is 7.28 Å². The highest BCUT2D eigenvalue weighted by atomic mass is 79.9. The van der Waals surface area contributed by atoms with Gasteiger partial charge >= 0.3 is 0 Å². The van der Waals surface area contributed by atoms with Crippen LogP contribution in [0.5, 0.6) is 0 Å². The van der Waals surface area contributed by atoms with Crippen LogP contribution >= 0.6 is 17.0 Å². The van der Waals surface area contributed by atoms with E-state index in [0.717, 1.165) is 0 Å². The molecule has 0 aromatic carbocycles. The summed E-state index contributed by atoms with van der Waals surface area (Å²) in [6, 6.07) is 0. The highest BCUT2D eigenvalue weighted by Gasteiger charge is 1.88. The average molecular weight is 206 g/mol. The zero-order chi connectivity index (χ0) is 6.95. The standard InChI is InChI=1S/C8H18B.BrH/c1-3-5-7-9-8-6-4-2;/h3-8H2,1-2H3;1H. The van der Waals surface area contributed by atoms with Crippen LogP contribution in [0.3, 0.4) is 0 Å². The molecule has 61 valence electrons. The molecule has 0 rings (SSSR count). The zero-order valence-corrected chi connectivity index (χ0v) is 8.94. The summed E-state index contributed by atoms with van der Waals surface area (Å²) >= 11 is 0. The highest BCUT2D eigenvalue weighted by Crippen LogP contribution is 1.99. The summed E-state index contributed by atoms with van der Waals surface area (Å²) in [6.45, 7) is 4.49. The molecule has 0 aliphatic carbocycles. The minimum absolute atomic E-state index is 0. The Morgan fingerprint density at radius 1 is 0.900 bits per heavy atom. The summed E-state index contributed by atoms with van der Waals surface area (Å²) in [5.41, 5.74) is 0. The summed E-state index contributed by atoms with van der Waals surface area (Å²) in [4.78, 5) is 0. The molecule has 0 atom stereocenters. The van der Waals surface area contributed by atoms with Crippen molar-refractivity contribution in [2.45, 2.75) is 52.2 Å². The van der Waals surface area contributed by atoms with Crippen molar-refractivity contribution >= 4 is 24.3 Å². The van der Waals surface area contributed by atoms with Gasteiger partial charge in [-0.05, 0) is 0 Å². The van der Waals surface area contributed by atoms with Crippen molar-refractivity contribution in [3.8, 4) is 0 Å². The van der Waals surface area contributed by atoms with Crippen molar-refractivity contribution in [2.24, 2.45) is 0 Å². The van der Waals surface area contributed by atoms with Gasteiger partial charge in [0, 0.05) is 0 Å². The average Bonchev–Trinajstić information content (AvgIpc) is 1.89. The topological polar surface area (TPSA) is 0 Å². The van der Waals surface area contributed by atoms with Gasteiger partial charge in [0.1, 0.15) is 7.28 Å². The van der Waals surface area contributed by atoms with Crippen molar-refractivity contribution in [3.05, 3.63) is 0 Å². The van der Waals surface area contributed by atoms with Crippen molar-refractivity contribution in [3.63, 3.8) is 0 Å². The first-order valence-corrected chi connectivity index (χ1v) is 4.23. The summed E-state index contributed by atoms with van der Waals surface area (Å²) in [5, 5.41) is 0. The largest absolute Gasteiger partial charge is 0.114 e. The van der Waals surface area contributed by atoms with Crippen molar-refractivity contribution in [2.75, 3.05) is 0 Å². The third-order valence-electron chi connectivity index (χ3n) is 1.52. The van der Waals surface area contributed by atoms with Crippen LogP contribution in [0.4, 0.5) is 0 Å². The fourth-order valence-electron chi connectivity index (χ4n) is 0.841. The Morgan fingerprint density at radius 3 is 1.60 bits per heavy atom. The van der Waals surface area contributed by atoms with Crippen molar-refractivity contribution in [1.29, 1.82) is 0 Å². The SMILES string of the molecule is Br.CCCC[B]CCCC. The quantitative estimate of drug-likeness (QED) is 0.459. The Morgan fingerprint density at radius 2 is 1.30 bits per heavy atom. The van der Waals surface area contributed by atoms with Crippen LogP contribution in [0.1, 0.15) is 39.5 Å². The lowest BCUT2D eigenvalue weighted by Gasteiger charge is -1.94. The van der Waals surface area contributed by atoms with E-state index in [0.29, 0.717) is 0 Å². The van der Waals surface area contributed by atoms with Crippen molar-refractivity contribution in [1.82, 2.24) is 0 Å². The molecule has 0 spiro atoms. The fraction of sp³-hybridized carbons (Fsp3) is 1.00. The zero-order valence-electron chi connectivity index (χ0n) is 7.23. The maximum Gasteiger partial charge on any atom is 0.109 e. The molecule has 0 aliphatic heterocycles. The normalized spacial score (nSPS) is 8.60. The predicted octanol–water partition coefficient (Wildman–Crippen LogP) is 3.71. The first kappa shape index (κ1) is 13.2. The molecule has 2 heteroatoms. The van der Waals surface area contributed by atoms with E-state index in [2.05, 4.69) is 21.1 Å². The number of hydrogen-bond donors (Lipinski definition) is 0. The number of hydrogen-bond acceptors (Lipinski definition) is 0. The van der Waals surface area contributed by atoms with Crippen LogP contribution in [0.25, 0.3) is 0 Å². The van der Waals surface area contributed by atoms with E-state index in [9.17, 15) is 0 Å². The van der Waals surface area contributed by atoms with Gasteiger partial charge in [-0.2, -0.15) is 0 Å². The third-order valence-corrected chi connectivity index (χ3v) is 1.52. The molecule has 0 amide bonds. The van der Waals surface area contributed by atoms with Crippen LogP contribution in [0, 0.1) is 0 Å². The molecular weight excluding hydrogens is 187 g/mol. The molecule has 0 aromatic heterocycles. The maximum absolute atomic E-state index is 2.42. The second kappa shape index (κ2) is 12.2. The van der Waals surface area contributed by atoms with E-state index < -0.39 is 0 Å². The summed E-state index contributed by atoms with van der Waals surface area (Å²) in [5.74, 6) is 0. The molecule has 0 unspecified atom stereocenters. The van der Waals surface area contributed by atoms with E-state index in [1.54, 1.807) is 0 Å². The number of halogens is 1. The van der Waals surface area contributed by atoms with Gasteiger partial charge in [0.05, 0.1) is 0 Å². The molecule has 0 fully saturated rings. The van der Waals surface area contributed by atoms with Crippen molar-refractivity contribution < 1.29 is 0 Å². The molecule has 0 aromatic rings. The number of rotatable bonds is 6. The fourth-order valence-corrected chi connectivity index (χ4v) is 0.841. The molecular formula is C8H19BBr. The van der Waals surface area contributed by atoms with Gasteiger partial charge in [-0.15, -0.1) is 17.0 Å². The molecule has 0 bridgehead atoms. The van der Waals surface area contributed by atoms with E-state index >= 15 is 0 Å². The molecule has 10 heavy (non-hydrogen) atoms. The van der Waals surface area contributed by atoms with Crippen LogP contribution < -0.4 is 0 Å². The first-order chi connectivity index (χ1) is 4.41. The maximum atomic E-state index is 2.42. The van der Waals surface area contributed by atoms with Crippen LogP contribution in [0.2, 0.25) is 12.6 Å². The van der Waals surface area contributed by atoms with Gasteiger partial charge in [-0.25, -0.2) is 0 Å². The van der Waals surface area contributed by atoms with E-state index in [1.807, 2.05) is 0 Å². The Bertz CT molecular complexity index is 42.5. The smallest absolute Gasteiger partial charge is 0.109 e. The lowest BCUT2D eigenvalue weighted by atomic mass is 9.68. The van der Waals surface area contributed by atoms with Gasteiger partial charge in [0.2, 0.25) is 0 Å². The third kappa shape index (κ3) is 11.4. The van der Waals surface area contributed by atoms with Crippen LogP contribution in [-0.2, 0) is 0 Å². The van der Waals surface area contributed by atoms with Gasteiger partial charge in [-0.1, -0.05) is 52.2 Å². The number of unbranched alkanes of at least 4 members (excludes halogenated alkanes) is 2. The minimum atomic E-state index is 0. The summed E-state index contributed by atoms with van der Waals surface area (Å²) in [7, 11) is 2.42. The van der Waals surface area contributed by atoms with Gasteiger partial charge in [0.25, 0.3) is 0 Å². The second-order valence-corrected chi connectivity index (χ2v) is 2.57. The second-order valence-electron chi connectivity index (χ2n) is 2.57.